The fourth-order valence-electron chi connectivity index (χ4n) is 4.96. The zero-order valence-corrected chi connectivity index (χ0v) is 16.6. The van der Waals surface area contributed by atoms with Crippen molar-refractivity contribution in [3.63, 3.8) is 0 Å². The zero-order valence-electron chi connectivity index (χ0n) is 16.6. The van der Waals surface area contributed by atoms with E-state index in [0.717, 1.165) is 17.8 Å². The van der Waals surface area contributed by atoms with Gasteiger partial charge in [0.2, 0.25) is 0 Å². The first-order valence-corrected chi connectivity index (χ1v) is 11.1. The molecule has 1 saturated carbocycles. The highest BCUT2D eigenvalue weighted by Crippen LogP contribution is 2.38. The van der Waals surface area contributed by atoms with Crippen molar-refractivity contribution in [1.29, 1.82) is 0 Å². The van der Waals surface area contributed by atoms with E-state index >= 15 is 0 Å². The number of hydrogen-bond acceptors (Lipinski definition) is 0. The molecule has 138 valence electrons. The van der Waals surface area contributed by atoms with Crippen molar-refractivity contribution in [3.05, 3.63) is 41.5 Å². The van der Waals surface area contributed by atoms with Gasteiger partial charge in [-0.25, -0.2) is 0 Å². The zero-order chi connectivity index (χ0) is 17.5. The maximum absolute atomic E-state index is 2.51. The molecule has 2 aliphatic carbocycles. The summed E-state index contributed by atoms with van der Waals surface area (Å²) in [6.45, 7) is 4.64. The molecular formula is C25H38. The summed E-state index contributed by atoms with van der Waals surface area (Å²) in [5, 5.41) is 0. The lowest BCUT2D eigenvalue weighted by atomic mass is 9.76. The second-order valence-corrected chi connectivity index (χ2v) is 8.61. The van der Waals surface area contributed by atoms with Crippen molar-refractivity contribution >= 4 is 5.57 Å². The molecule has 0 bridgehead atoms. The summed E-state index contributed by atoms with van der Waals surface area (Å²) in [6.07, 6.45) is 19.3. The average molecular weight is 339 g/mol. The van der Waals surface area contributed by atoms with Crippen molar-refractivity contribution in [3.8, 4) is 0 Å². The van der Waals surface area contributed by atoms with Gasteiger partial charge in [-0.1, -0.05) is 76.3 Å². The highest BCUT2D eigenvalue weighted by Gasteiger charge is 2.22. The highest BCUT2D eigenvalue weighted by molar-refractivity contribution is 5.66. The van der Waals surface area contributed by atoms with Gasteiger partial charge in [0.25, 0.3) is 0 Å². The molecule has 2 aliphatic rings. The Labute approximate surface area is 156 Å². The second-order valence-electron chi connectivity index (χ2n) is 8.61. The third kappa shape index (κ3) is 5.22. The van der Waals surface area contributed by atoms with Gasteiger partial charge in [-0.15, -0.1) is 0 Å². The maximum atomic E-state index is 2.51. The Morgan fingerprint density at radius 2 is 1.60 bits per heavy atom. The van der Waals surface area contributed by atoms with Crippen molar-refractivity contribution < 1.29 is 0 Å². The van der Waals surface area contributed by atoms with Crippen molar-refractivity contribution in [2.24, 2.45) is 11.8 Å². The molecule has 0 aromatic heterocycles. The van der Waals surface area contributed by atoms with E-state index in [4.69, 9.17) is 0 Å². The van der Waals surface area contributed by atoms with Crippen LogP contribution in [0.15, 0.2) is 30.3 Å². The highest BCUT2D eigenvalue weighted by atomic mass is 14.3. The first-order valence-electron chi connectivity index (χ1n) is 11.1. The molecule has 0 spiro atoms. The fourth-order valence-corrected chi connectivity index (χ4v) is 4.96. The smallest absolute Gasteiger partial charge is 0.0162 e. The van der Waals surface area contributed by atoms with Gasteiger partial charge >= 0.3 is 0 Å². The fraction of sp³-hybridized carbons (Fsp3) is 0.680. The molecule has 1 fully saturated rings. The minimum atomic E-state index is 0.821. The summed E-state index contributed by atoms with van der Waals surface area (Å²) in [5.41, 5.74) is 4.67. The average Bonchev–Trinajstić information content (AvgIpc) is 2.69. The molecule has 1 atom stereocenters. The van der Waals surface area contributed by atoms with Crippen LogP contribution in [-0.4, -0.2) is 0 Å². The number of hydrogen-bond donors (Lipinski definition) is 0. The molecular weight excluding hydrogens is 300 g/mol. The van der Waals surface area contributed by atoms with Crippen molar-refractivity contribution in [1.82, 2.24) is 0 Å². The Morgan fingerprint density at radius 1 is 0.840 bits per heavy atom. The van der Waals surface area contributed by atoms with Crippen LogP contribution in [0, 0.1) is 11.8 Å². The van der Waals surface area contributed by atoms with Gasteiger partial charge < -0.3 is 0 Å². The largest absolute Gasteiger partial charge is 0.0804 e. The van der Waals surface area contributed by atoms with Gasteiger partial charge in [0.1, 0.15) is 0 Å². The van der Waals surface area contributed by atoms with E-state index in [1.54, 1.807) is 11.1 Å². The van der Waals surface area contributed by atoms with Crippen LogP contribution in [0.2, 0.25) is 0 Å². The van der Waals surface area contributed by atoms with Crippen LogP contribution in [0.3, 0.4) is 0 Å². The predicted molar refractivity (Wildman–Crippen MR) is 111 cm³/mol. The van der Waals surface area contributed by atoms with Crippen LogP contribution in [0.5, 0.6) is 0 Å². The SMILES string of the molecule is CCCCC[C@H]1CC[C@H](c2ccc(C3=CCC(CC)CC3)cc2)CC1. The summed E-state index contributed by atoms with van der Waals surface area (Å²) >= 11 is 0. The molecule has 1 aromatic carbocycles. The third-order valence-electron chi connectivity index (χ3n) is 6.91. The van der Waals surface area contributed by atoms with Gasteiger partial charge in [-0.3, -0.25) is 0 Å². The van der Waals surface area contributed by atoms with E-state index in [2.05, 4.69) is 44.2 Å². The molecule has 0 nitrogen and oxygen atoms in total. The van der Waals surface area contributed by atoms with Gasteiger partial charge in [0.15, 0.2) is 0 Å². The topological polar surface area (TPSA) is 0 Å². The quantitative estimate of drug-likeness (QED) is 0.440. The Kier molecular flexibility index (Phi) is 7.20. The molecule has 0 saturated heterocycles. The summed E-state index contributed by atoms with van der Waals surface area (Å²) in [6, 6.07) is 9.68. The Hall–Kier alpha value is -1.04. The molecule has 3 rings (SSSR count). The predicted octanol–water partition coefficient (Wildman–Crippen LogP) is 8.13. The molecule has 0 N–H and O–H groups in total. The van der Waals surface area contributed by atoms with Gasteiger partial charge in [-0.2, -0.15) is 0 Å². The van der Waals surface area contributed by atoms with Gasteiger partial charge in [-0.05, 0) is 79.4 Å². The monoisotopic (exact) mass is 338 g/mol. The molecule has 25 heavy (non-hydrogen) atoms. The van der Waals surface area contributed by atoms with Gasteiger partial charge in [0.05, 0.1) is 0 Å². The third-order valence-corrected chi connectivity index (χ3v) is 6.91. The maximum Gasteiger partial charge on any atom is -0.0162 e. The van der Waals surface area contributed by atoms with Gasteiger partial charge in [0, 0.05) is 0 Å². The number of rotatable bonds is 7. The standard InChI is InChI=1S/C25H38/c1-3-5-6-7-21-10-14-23(15-11-21)25-18-16-24(17-19-25)22-12-8-20(4-2)9-13-22/h12,16-21,23H,3-11,13-15H2,1-2H3/t20?,21-,23-. The van der Waals surface area contributed by atoms with E-state index in [1.807, 2.05) is 0 Å². The summed E-state index contributed by atoms with van der Waals surface area (Å²) in [5.74, 6) is 2.76. The van der Waals surface area contributed by atoms with E-state index < -0.39 is 0 Å². The summed E-state index contributed by atoms with van der Waals surface area (Å²) in [4.78, 5) is 0. The minimum absolute atomic E-state index is 0.821. The van der Waals surface area contributed by atoms with E-state index in [9.17, 15) is 0 Å². The molecule has 1 aromatic rings. The lowest BCUT2D eigenvalue weighted by Gasteiger charge is -2.29. The first kappa shape index (κ1) is 18.7. The van der Waals surface area contributed by atoms with Crippen molar-refractivity contribution in [2.45, 2.75) is 96.8 Å². The van der Waals surface area contributed by atoms with Crippen LogP contribution in [0.4, 0.5) is 0 Å². The number of benzene rings is 1. The normalized spacial score (nSPS) is 27.1. The van der Waals surface area contributed by atoms with Crippen LogP contribution < -0.4 is 0 Å². The molecule has 0 amide bonds. The number of allylic oxidation sites excluding steroid dienone is 2. The minimum Gasteiger partial charge on any atom is -0.0804 e. The van der Waals surface area contributed by atoms with Crippen LogP contribution in [0.1, 0.15) is 108 Å². The lowest BCUT2D eigenvalue weighted by Crippen LogP contribution is -2.13. The second kappa shape index (κ2) is 9.60. The van der Waals surface area contributed by atoms with E-state index in [-0.39, 0.29) is 0 Å². The molecule has 0 heterocycles. The molecule has 1 unspecified atom stereocenters. The molecule has 0 aliphatic heterocycles. The van der Waals surface area contributed by atoms with Crippen LogP contribution in [-0.2, 0) is 0 Å². The Balaban J connectivity index is 1.51. The Bertz CT molecular complexity index is 528. The first-order chi connectivity index (χ1) is 12.3. The van der Waals surface area contributed by atoms with Crippen LogP contribution in [0.25, 0.3) is 5.57 Å². The molecule has 0 radical (unpaired) electrons. The summed E-state index contributed by atoms with van der Waals surface area (Å²) < 4.78 is 0. The van der Waals surface area contributed by atoms with E-state index in [0.29, 0.717) is 0 Å². The summed E-state index contributed by atoms with van der Waals surface area (Å²) in [7, 11) is 0. The molecule has 0 heteroatoms. The number of unbranched alkanes of at least 4 members (excludes halogenated alkanes) is 2. The van der Waals surface area contributed by atoms with Crippen molar-refractivity contribution in [2.75, 3.05) is 0 Å². The van der Waals surface area contributed by atoms with E-state index in [1.165, 1.54) is 82.6 Å². The van der Waals surface area contributed by atoms with Crippen LogP contribution >= 0.6 is 0 Å². The Morgan fingerprint density at radius 3 is 2.20 bits per heavy atom. The lowest BCUT2D eigenvalue weighted by molar-refractivity contribution is 0.303.